The van der Waals surface area contributed by atoms with Crippen LogP contribution in [0, 0.1) is 11.6 Å². The van der Waals surface area contributed by atoms with Gasteiger partial charge in [0.15, 0.2) is 11.6 Å². The van der Waals surface area contributed by atoms with Crippen molar-refractivity contribution in [2.75, 3.05) is 25.0 Å². The van der Waals surface area contributed by atoms with E-state index in [4.69, 9.17) is 4.74 Å². The lowest BCUT2D eigenvalue weighted by Gasteiger charge is -2.22. The molecule has 1 aromatic carbocycles. The van der Waals surface area contributed by atoms with Gasteiger partial charge in [-0.15, -0.1) is 0 Å². The third-order valence-corrected chi connectivity index (χ3v) is 2.93. The van der Waals surface area contributed by atoms with Crippen LogP contribution in [0.3, 0.4) is 0 Å². The zero-order valence-corrected chi connectivity index (χ0v) is 10.9. The molecule has 1 aliphatic rings. The van der Waals surface area contributed by atoms with E-state index in [1.54, 1.807) is 0 Å². The molecule has 0 saturated carbocycles. The highest BCUT2D eigenvalue weighted by atomic mass is 79.9. The summed E-state index contributed by atoms with van der Waals surface area (Å²) in [6, 6.07) is 2.16. The maximum atomic E-state index is 13.5. The van der Waals surface area contributed by atoms with Gasteiger partial charge >= 0.3 is 0 Å². The molecule has 2 N–H and O–H groups in total. The number of amides is 1. The van der Waals surface area contributed by atoms with Gasteiger partial charge in [0, 0.05) is 17.6 Å². The summed E-state index contributed by atoms with van der Waals surface area (Å²) < 4.78 is 32.5. The summed E-state index contributed by atoms with van der Waals surface area (Å²) in [5.41, 5.74) is -0.461. The Kier molecular flexibility index (Phi) is 4.26. The molecule has 0 aromatic heterocycles. The maximum absolute atomic E-state index is 13.5. The van der Waals surface area contributed by atoms with E-state index >= 15 is 0 Å². The first-order valence-corrected chi connectivity index (χ1v) is 6.15. The lowest BCUT2D eigenvalue weighted by molar-refractivity contribution is -0.128. The second-order valence-electron chi connectivity index (χ2n) is 3.80. The molecular weight excluding hydrogens is 310 g/mol. The molecule has 1 aromatic rings. The first-order valence-electron chi connectivity index (χ1n) is 5.35. The normalized spacial score (nSPS) is 19.6. The molecule has 0 bridgehead atoms. The third kappa shape index (κ3) is 3.04. The zero-order valence-electron chi connectivity index (χ0n) is 9.30. The van der Waals surface area contributed by atoms with Gasteiger partial charge in [0.25, 0.3) is 5.91 Å². The lowest BCUT2D eigenvalue weighted by atomic mass is 10.2. The number of morpholine rings is 1. The molecule has 1 heterocycles. The average Bonchev–Trinajstić information content (AvgIpc) is 2.34. The van der Waals surface area contributed by atoms with Crippen molar-refractivity contribution in [1.29, 1.82) is 0 Å². The SMILES string of the molecule is O=C(Nc1c(F)cc(Br)cc1F)C1CNCCO1. The second-order valence-corrected chi connectivity index (χ2v) is 4.71. The molecule has 7 heteroatoms. The molecule has 4 nitrogen and oxygen atoms in total. The van der Waals surface area contributed by atoms with E-state index in [0.29, 0.717) is 19.7 Å². The summed E-state index contributed by atoms with van der Waals surface area (Å²) in [4.78, 5) is 11.7. The highest BCUT2D eigenvalue weighted by Crippen LogP contribution is 2.24. The van der Waals surface area contributed by atoms with Crippen LogP contribution in [0.25, 0.3) is 0 Å². The number of nitrogens with one attached hydrogen (secondary N) is 2. The Bertz CT molecular complexity index is 441. The minimum Gasteiger partial charge on any atom is -0.366 e. The monoisotopic (exact) mass is 320 g/mol. The molecule has 0 aliphatic carbocycles. The molecule has 0 radical (unpaired) electrons. The van der Waals surface area contributed by atoms with Crippen molar-refractivity contribution in [3.63, 3.8) is 0 Å². The van der Waals surface area contributed by atoms with E-state index in [0.717, 1.165) is 12.1 Å². The number of benzene rings is 1. The highest BCUT2D eigenvalue weighted by molar-refractivity contribution is 9.10. The van der Waals surface area contributed by atoms with Crippen molar-refractivity contribution in [3.8, 4) is 0 Å². The van der Waals surface area contributed by atoms with Gasteiger partial charge in [0.2, 0.25) is 0 Å². The van der Waals surface area contributed by atoms with Crippen LogP contribution in [0.5, 0.6) is 0 Å². The molecule has 1 fully saturated rings. The highest BCUT2D eigenvalue weighted by Gasteiger charge is 2.24. The summed E-state index contributed by atoms with van der Waals surface area (Å²) in [5, 5.41) is 5.16. The van der Waals surface area contributed by atoms with E-state index in [1.165, 1.54) is 0 Å². The summed E-state index contributed by atoms with van der Waals surface area (Å²) in [5.74, 6) is -2.24. The van der Waals surface area contributed by atoms with Crippen LogP contribution in [0.4, 0.5) is 14.5 Å². The van der Waals surface area contributed by atoms with Crippen LogP contribution in [-0.4, -0.2) is 31.7 Å². The zero-order chi connectivity index (χ0) is 13.1. The minimum atomic E-state index is -0.834. The molecule has 1 saturated heterocycles. The number of hydrogen-bond donors (Lipinski definition) is 2. The molecule has 1 atom stereocenters. The van der Waals surface area contributed by atoms with Crippen molar-refractivity contribution in [3.05, 3.63) is 28.2 Å². The van der Waals surface area contributed by atoms with E-state index < -0.39 is 29.3 Å². The number of rotatable bonds is 2. The second kappa shape index (κ2) is 5.73. The largest absolute Gasteiger partial charge is 0.366 e. The molecule has 0 spiro atoms. The Balaban J connectivity index is 2.11. The standard InChI is InChI=1S/C11H11BrF2N2O2/c12-6-3-7(13)10(8(14)4-6)16-11(17)9-5-15-1-2-18-9/h3-4,9,15H,1-2,5H2,(H,16,17). The number of carbonyl (C=O) groups excluding carboxylic acids is 1. The van der Waals surface area contributed by atoms with E-state index in [-0.39, 0.29) is 4.47 Å². The van der Waals surface area contributed by atoms with Crippen LogP contribution < -0.4 is 10.6 Å². The minimum absolute atomic E-state index is 0.270. The number of anilines is 1. The quantitative estimate of drug-likeness (QED) is 0.871. The van der Waals surface area contributed by atoms with Crippen molar-refractivity contribution < 1.29 is 18.3 Å². The molecule has 18 heavy (non-hydrogen) atoms. The lowest BCUT2D eigenvalue weighted by Crippen LogP contribution is -2.45. The molecular formula is C11H11BrF2N2O2. The van der Waals surface area contributed by atoms with Crippen molar-refractivity contribution in [2.45, 2.75) is 6.10 Å². The van der Waals surface area contributed by atoms with Crippen LogP contribution in [0.2, 0.25) is 0 Å². The Labute approximate surface area is 111 Å². The molecule has 98 valence electrons. The van der Waals surface area contributed by atoms with Gasteiger partial charge in [0.05, 0.1) is 6.61 Å². The first kappa shape index (κ1) is 13.4. The van der Waals surface area contributed by atoms with Crippen LogP contribution >= 0.6 is 15.9 Å². The summed E-state index contributed by atoms with van der Waals surface area (Å²) in [6.07, 6.45) is -0.735. The summed E-state index contributed by atoms with van der Waals surface area (Å²) in [6.45, 7) is 1.37. The Morgan fingerprint density at radius 3 is 2.67 bits per heavy atom. The number of ether oxygens (including phenoxy) is 1. The summed E-state index contributed by atoms with van der Waals surface area (Å²) in [7, 11) is 0. The van der Waals surface area contributed by atoms with Crippen molar-refractivity contribution >= 4 is 27.5 Å². The Morgan fingerprint density at radius 1 is 1.44 bits per heavy atom. The molecule has 1 amide bonds. The van der Waals surface area contributed by atoms with Crippen molar-refractivity contribution in [1.82, 2.24) is 5.32 Å². The van der Waals surface area contributed by atoms with Crippen molar-refractivity contribution in [2.24, 2.45) is 0 Å². The number of halogens is 3. The Morgan fingerprint density at radius 2 is 2.11 bits per heavy atom. The molecule has 2 rings (SSSR count). The maximum Gasteiger partial charge on any atom is 0.254 e. The third-order valence-electron chi connectivity index (χ3n) is 2.48. The topological polar surface area (TPSA) is 50.4 Å². The smallest absolute Gasteiger partial charge is 0.254 e. The fourth-order valence-corrected chi connectivity index (χ4v) is 2.00. The molecule has 1 unspecified atom stereocenters. The van der Waals surface area contributed by atoms with E-state index in [9.17, 15) is 13.6 Å². The van der Waals surface area contributed by atoms with Gasteiger partial charge in [-0.3, -0.25) is 4.79 Å². The van der Waals surface area contributed by atoms with Gasteiger partial charge in [-0.05, 0) is 12.1 Å². The van der Waals surface area contributed by atoms with Crippen LogP contribution in [0.15, 0.2) is 16.6 Å². The number of carbonyl (C=O) groups is 1. The van der Waals surface area contributed by atoms with Gasteiger partial charge < -0.3 is 15.4 Å². The van der Waals surface area contributed by atoms with Gasteiger partial charge in [-0.1, -0.05) is 15.9 Å². The van der Waals surface area contributed by atoms with Gasteiger partial charge in [-0.25, -0.2) is 8.78 Å². The fourth-order valence-electron chi connectivity index (χ4n) is 1.60. The number of hydrogen-bond acceptors (Lipinski definition) is 3. The first-order chi connectivity index (χ1) is 8.58. The summed E-state index contributed by atoms with van der Waals surface area (Å²) >= 11 is 2.96. The fraction of sp³-hybridized carbons (Fsp3) is 0.364. The average molecular weight is 321 g/mol. The van der Waals surface area contributed by atoms with Crippen LogP contribution in [0.1, 0.15) is 0 Å². The van der Waals surface area contributed by atoms with E-state index in [2.05, 4.69) is 26.6 Å². The van der Waals surface area contributed by atoms with Crippen LogP contribution in [-0.2, 0) is 9.53 Å². The van der Waals surface area contributed by atoms with E-state index in [1.807, 2.05) is 0 Å². The predicted molar refractivity (Wildman–Crippen MR) is 65.3 cm³/mol. The predicted octanol–water partition coefficient (Wildman–Crippen LogP) is 1.65. The Hall–Kier alpha value is -1.05. The van der Waals surface area contributed by atoms with Gasteiger partial charge in [0.1, 0.15) is 11.8 Å². The van der Waals surface area contributed by atoms with Gasteiger partial charge in [-0.2, -0.15) is 0 Å². The molecule has 1 aliphatic heterocycles.